The SMILES string of the molecule is CCOC(=O)NC(CNC(=NC)NCc1nc(C)c(C)s1)C1CC1.I. The van der Waals surface area contributed by atoms with E-state index in [4.69, 9.17) is 4.74 Å². The van der Waals surface area contributed by atoms with Crippen LogP contribution in [-0.4, -0.2) is 43.3 Å². The lowest BCUT2D eigenvalue weighted by Gasteiger charge is -2.20. The highest BCUT2D eigenvalue weighted by atomic mass is 127. The van der Waals surface area contributed by atoms with Gasteiger partial charge in [0.05, 0.1) is 24.9 Å². The summed E-state index contributed by atoms with van der Waals surface area (Å²) in [5.74, 6) is 1.22. The van der Waals surface area contributed by atoms with Crippen LogP contribution in [0.3, 0.4) is 0 Å². The zero-order chi connectivity index (χ0) is 17.5. The third kappa shape index (κ3) is 7.35. The number of guanidine groups is 1. The van der Waals surface area contributed by atoms with Gasteiger partial charge in [-0.1, -0.05) is 0 Å². The molecule has 2 rings (SSSR count). The van der Waals surface area contributed by atoms with Gasteiger partial charge >= 0.3 is 6.09 Å². The van der Waals surface area contributed by atoms with Gasteiger partial charge in [0.15, 0.2) is 5.96 Å². The molecule has 1 aromatic heterocycles. The predicted molar refractivity (Wildman–Crippen MR) is 112 cm³/mol. The van der Waals surface area contributed by atoms with Crippen molar-refractivity contribution in [2.24, 2.45) is 10.9 Å². The van der Waals surface area contributed by atoms with Crippen LogP contribution in [0.15, 0.2) is 4.99 Å². The molecule has 1 aliphatic rings. The van der Waals surface area contributed by atoms with Crippen molar-refractivity contribution in [2.75, 3.05) is 20.2 Å². The summed E-state index contributed by atoms with van der Waals surface area (Å²) in [6.07, 6.45) is 1.93. The predicted octanol–water partition coefficient (Wildman–Crippen LogP) is 2.57. The molecule has 1 aliphatic carbocycles. The fourth-order valence-corrected chi connectivity index (χ4v) is 3.23. The molecule has 1 fully saturated rings. The van der Waals surface area contributed by atoms with E-state index < -0.39 is 0 Å². The van der Waals surface area contributed by atoms with Crippen molar-refractivity contribution in [3.63, 3.8) is 0 Å². The molecular weight excluding hydrogens is 453 g/mol. The summed E-state index contributed by atoms with van der Waals surface area (Å²) in [7, 11) is 1.73. The second kappa shape index (κ2) is 10.8. The summed E-state index contributed by atoms with van der Waals surface area (Å²) in [6, 6.07) is 0.0620. The second-order valence-corrected chi connectivity index (χ2v) is 7.15. The summed E-state index contributed by atoms with van der Waals surface area (Å²) in [5.41, 5.74) is 1.08. The molecule has 0 spiro atoms. The number of thiazole rings is 1. The first-order valence-electron chi connectivity index (χ1n) is 8.34. The average molecular weight is 481 g/mol. The van der Waals surface area contributed by atoms with Gasteiger partial charge in [-0.2, -0.15) is 0 Å². The van der Waals surface area contributed by atoms with Gasteiger partial charge in [-0.25, -0.2) is 9.78 Å². The van der Waals surface area contributed by atoms with Crippen molar-refractivity contribution >= 4 is 47.4 Å². The van der Waals surface area contributed by atoms with Crippen molar-refractivity contribution in [3.8, 4) is 0 Å². The molecule has 1 unspecified atom stereocenters. The lowest BCUT2D eigenvalue weighted by molar-refractivity contribution is 0.146. The van der Waals surface area contributed by atoms with Gasteiger partial charge in [-0.15, -0.1) is 35.3 Å². The first-order chi connectivity index (χ1) is 11.5. The molecule has 3 N–H and O–H groups in total. The molecule has 1 aromatic rings. The van der Waals surface area contributed by atoms with Crippen LogP contribution in [0.25, 0.3) is 0 Å². The number of aromatic nitrogens is 1. The first kappa shape index (κ1) is 21.9. The van der Waals surface area contributed by atoms with Crippen molar-refractivity contribution in [1.82, 2.24) is 20.9 Å². The maximum absolute atomic E-state index is 11.6. The molecule has 1 saturated carbocycles. The van der Waals surface area contributed by atoms with E-state index >= 15 is 0 Å². The highest BCUT2D eigenvalue weighted by Crippen LogP contribution is 2.32. The number of aliphatic imine (C=N–C) groups is 1. The zero-order valence-electron chi connectivity index (χ0n) is 15.2. The van der Waals surface area contributed by atoms with Crippen LogP contribution in [0, 0.1) is 19.8 Å². The van der Waals surface area contributed by atoms with E-state index in [0.717, 1.165) is 23.5 Å². The van der Waals surface area contributed by atoms with E-state index in [2.05, 4.69) is 32.9 Å². The monoisotopic (exact) mass is 481 g/mol. The summed E-state index contributed by atoms with van der Waals surface area (Å²) in [5, 5.41) is 10.5. The third-order valence-electron chi connectivity index (χ3n) is 3.96. The van der Waals surface area contributed by atoms with Crippen LogP contribution < -0.4 is 16.0 Å². The molecule has 142 valence electrons. The number of amides is 1. The van der Waals surface area contributed by atoms with Gasteiger partial charge in [0, 0.05) is 18.5 Å². The number of carbonyl (C=O) groups excluding carboxylic acids is 1. The molecule has 0 radical (unpaired) electrons. The number of nitrogens with zero attached hydrogens (tertiary/aromatic N) is 2. The fraction of sp³-hybridized carbons (Fsp3) is 0.688. The fourth-order valence-electron chi connectivity index (χ4n) is 2.36. The van der Waals surface area contributed by atoms with E-state index in [1.807, 2.05) is 6.92 Å². The Balaban J connectivity index is 0.00000312. The number of carbonyl (C=O) groups is 1. The minimum absolute atomic E-state index is 0. The van der Waals surface area contributed by atoms with Crippen LogP contribution in [0.1, 0.15) is 35.3 Å². The average Bonchev–Trinajstić information content (AvgIpc) is 3.33. The Morgan fingerprint density at radius 3 is 2.64 bits per heavy atom. The Labute approximate surface area is 170 Å². The molecule has 0 aromatic carbocycles. The van der Waals surface area contributed by atoms with E-state index in [0.29, 0.717) is 31.6 Å². The van der Waals surface area contributed by atoms with Crippen LogP contribution >= 0.6 is 35.3 Å². The minimum atomic E-state index is -0.354. The topological polar surface area (TPSA) is 87.6 Å². The number of alkyl carbamates (subject to hydrolysis) is 1. The third-order valence-corrected chi connectivity index (χ3v) is 5.04. The summed E-state index contributed by atoms with van der Waals surface area (Å²) in [4.78, 5) is 21.6. The standard InChI is InChI=1S/C16H27N5O2S.HI/c1-5-23-16(22)21-13(12-6-7-12)8-18-15(17-4)19-9-14-20-10(2)11(3)24-14;/h12-13H,5-9H2,1-4H3,(H,21,22)(H2,17,18,19);1H. The number of nitrogens with one attached hydrogen (secondary N) is 3. The van der Waals surface area contributed by atoms with Gasteiger partial charge in [0.2, 0.25) is 0 Å². The number of ether oxygens (including phenoxy) is 1. The van der Waals surface area contributed by atoms with Gasteiger partial charge in [0.25, 0.3) is 0 Å². The lowest BCUT2D eigenvalue weighted by Crippen LogP contribution is -2.48. The Morgan fingerprint density at radius 1 is 1.40 bits per heavy atom. The Bertz CT molecular complexity index is 570. The van der Waals surface area contributed by atoms with Crippen LogP contribution in [0.5, 0.6) is 0 Å². The van der Waals surface area contributed by atoms with Gasteiger partial charge in [-0.3, -0.25) is 4.99 Å². The number of rotatable bonds is 7. The number of hydrogen-bond acceptors (Lipinski definition) is 5. The zero-order valence-corrected chi connectivity index (χ0v) is 18.4. The summed E-state index contributed by atoms with van der Waals surface area (Å²) >= 11 is 1.69. The normalized spacial score (nSPS) is 15.1. The quantitative estimate of drug-likeness (QED) is 0.317. The Kier molecular flexibility index (Phi) is 9.47. The maximum atomic E-state index is 11.6. The van der Waals surface area contributed by atoms with Gasteiger partial charge < -0.3 is 20.7 Å². The van der Waals surface area contributed by atoms with E-state index in [9.17, 15) is 4.79 Å². The molecule has 0 bridgehead atoms. The molecule has 1 atom stereocenters. The molecule has 1 heterocycles. The van der Waals surface area contributed by atoms with Gasteiger partial charge in [0.1, 0.15) is 5.01 Å². The Morgan fingerprint density at radius 2 is 2.12 bits per heavy atom. The largest absolute Gasteiger partial charge is 0.450 e. The number of aryl methyl sites for hydroxylation is 2. The van der Waals surface area contributed by atoms with Crippen molar-refractivity contribution in [3.05, 3.63) is 15.6 Å². The highest BCUT2D eigenvalue weighted by molar-refractivity contribution is 14.0. The molecule has 25 heavy (non-hydrogen) atoms. The number of halogens is 1. The van der Waals surface area contributed by atoms with Crippen molar-refractivity contribution in [1.29, 1.82) is 0 Å². The highest BCUT2D eigenvalue weighted by Gasteiger charge is 2.32. The van der Waals surface area contributed by atoms with E-state index in [-0.39, 0.29) is 36.1 Å². The molecule has 9 heteroatoms. The smallest absolute Gasteiger partial charge is 0.407 e. The lowest BCUT2D eigenvalue weighted by atomic mass is 10.2. The van der Waals surface area contributed by atoms with Crippen LogP contribution in [-0.2, 0) is 11.3 Å². The molecule has 7 nitrogen and oxygen atoms in total. The van der Waals surface area contributed by atoms with Crippen molar-refractivity contribution in [2.45, 2.75) is 46.2 Å². The Hall–Kier alpha value is -1.10. The maximum Gasteiger partial charge on any atom is 0.407 e. The van der Waals surface area contributed by atoms with Crippen LogP contribution in [0.2, 0.25) is 0 Å². The van der Waals surface area contributed by atoms with E-state index in [1.165, 1.54) is 4.88 Å². The van der Waals surface area contributed by atoms with Crippen LogP contribution in [0.4, 0.5) is 4.79 Å². The summed E-state index contributed by atoms with van der Waals surface area (Å²) < 4.78 is 4.97. The molecule has 0 aliphatic heterocycles. The first-order valence-corrected chi connectivity index (χ1v) is 9.15. The van der Waals surface area contributed by atoms with Gasteiger partial charge in [-0.05, 0) is 39.5 Å². The van der Waals surface area contributed by atoms with Crippen molar-refractivity contribution < 1.29 is 9.53 Å². The second-order valence-electron chi connectivity index (χ2n) is 5.86. The molecule has 1 amide bonds. The molecular formula is C16H28IN5O2S. The molecule has 0 saturated heterocycles. The minimum Gasteiger partial charge on any atom is -0.450 e. The summed E-state index contributed by atoms with van der Waals surface area (Å²) in [6.45, 7) is 7.54. The van der Waals surface area contributed by atoms with E-state index in [1.54, 1.807) is 25.3 Å². The number of hydrogen-bond donors (Lipinski definition) is 3.